The molecule has 0 unspecified atom stereocenters. The fraction of sp³-hybridized carbons (Fsp3) is 0.429. The minimum Gasteiger partial charge on any atom is -0.496 e. The predicted molar refractivity (Wildman–Crippen MR) is 76.0 cm³/mol. The SMILES string of the molecule is COc1ccc(S(=O)(=O)CCC(C)(C)C#N)cc1C(=O)O. The number of carbonyl (C=O) groups is 1. The first-order valence-corrected chi connectivity index (χ1v) is 7.83. The number of nitriles is 1. The molecule has 0 amide bonds. The van der Waals surface area contributed by atoms with E-state index in [1.807, 2.05) is 6.07 Å². The summed E-state index contributed by atoms with van der Waals surface area (Å²) in [5.74, 6) is -1.39. The molecule has 0 aliphatic heterocycles. The molecule has 6 nitrogen and oxygen atoms in total. The van der Waals surface area contributed by atoms with Gasteiger partial charge in [-0.15, -0.1) is 0 Å². The smallest absolute Gasteiger partial charge is 0.339 e. The molecule has 7 heteroatoms. The maximum absolute atomic E-state index is 12.2. The number of carboxylic acid groups (broad SMARTS) is 1. The Morgan fingerprint density at radius 1 is 1.43 bits per heavy atom. The average Bonchev–Trinajstić information content (AvgIpc) is 2.44. The van der Waals surface area contributed by atoms with E-state index < -0.39 is 21.2 Å². The number of sulfone groups is 1. The standard InChI is InChI=1S/C14H17NO5S/c1-14(2,9-15)6-7-21(18,19)10-4-5-12(20-3)11(8-10)13(16)17/h4-5,8H,6-7H2,1-3H3,(H,16,17). The molecule has 114 valence electrons. The summed E-state index contributed by atoms with van der Waals surface area (Å²) in [6.45, 7) is 3.30. The molecule has 21 heavy (non-hydrogen) atoms. The molecule has 1 aromatic carbocycles. The van der Waals surface area contributed by atoms with Gasteiger partial charge in [0.1, 0.15) is 11.3 Å². The Morgan fingerprint density at radius 2 is 2.05 bits per heavy atom. The van der Waals surface area contributed by atoms with Crippen LogP contribution in [0.4, 0.5) is 0 Å². The summed E-state index contributed by atoms with van der Waals surface area (Å²) in [7, 11) is -2.34. The number of hydrogen-bond donors (Lipinski definition) is 1. The quantitative estimate of drug-likeness (QED) is 0.862. The first-order valence-electron chi connectivity index (χ1n) is 6.18. The normalized spacial score (nSPS) is 11.7. The van der Waals surface area contributed by atoms with Crippen molar-refractivity contribution in [3.63, 3.8) is 0 Å². The van der Waals surface area contributed by atoms with Crippen LogP contribution < -0.4 is 4.74 Å². The van der Waals surface area contributed by atoms with Gasteiger partial charge in [-0.1, -0.05) is 0 Å². The third kappa shape index (κ3) is 4.20. The van der Waals surface area contributed by atoms with Crippen molar-refractivity contribution in [2.24, 2.45) is 5.41 Å². The molecule has 1 rings (SSSR count). The molecule has 0 heterocycles. The van der Waals surface area contributed by atoms with E-state index in [0.29, 0.717) is 0 Å². The summed E-state index contributed by atoms with van der Waals surface area (Å²) >= 11 is 0. The Balaban J connectivity index is 3.13. The molecule has 0 bridgehead atoms. The first-order chi connectivity index (χ1) is 9.63. The molecular formula is C14H17NO5S. The maximum Gasteiger partial charge on any atom is 0.339 e. The minimum atomic E-state index is -3.65. The van der Waals surface area contributed by atoms with E-state index in [1.165, 1.54) is 19.2 Å². The van der Waals surface area contributed by atoms with Crippen LogP contribution in [0.25, 0.3) is 0 Å². The summed E-state index contributed by atoms with van der Waals surface area (Å²) in [6, 6.07) is 5.73. The van der Waals surface area contributed by atoms with Crippen molar-refractivity contribution < 1.29 is 23.1 Å². The van der Waals surface area contributed by atoms with Crippen molar-refractivity contribution in [2.45, 2.75) is 25.2 Å². The van der Waals surface area contributed by atoms with Crippen LogP contribution in [0.1, 0.15) is 30.6 Å². The van der Waals surface area contributed by atoms with Crippen LogP contribution in [0.3, 0.4) is 0 Å². The summed E-state index contributed by atoms with van der Waals surface area (Å²) in [5.41, 5.74) is -0.965. The highest BCUT2D eigenvalue weighted by molar-refractivity contribution is 7.91. The van der Waals surface area contributed by atoms with Crippen LogP contribution >= 0.6 is 0 Å². The number of methoxy groups -OCH3 is 1. The van der Waals surface area contributed by atoms with E-state index in [4.69, 9.17) is 15.1 Å². The van der Waals surface area contributed by atoms with Crippen LogP contribution in [0.5, 0.6) is 5.75 Å². The fourth-order valence-corrected chi connectivity index (χ4v) is 3.20. The van der Waals surface area contributed by atoms with Gasteiger partial charge in [-0.25, -0.2) is 13.2 Å². The molecule has 0 aliphatic rings. The molecule has 1 aromatic rings. The number of ether oxygens (including phenoxy) is 1. The van der Waals surface area contributed by atoms with E-state index in [-0.39, 0.29) is 28.4 Å². The van der Waals surface area contributed by atoms with Gasteiger partial charge in [-0.3, -0.25) is 0 Å². The second-order valence-electron chi connectivity index (χ2n) is 5.23. The zero-order valence-electron chi connectivity index (χ0n) is 12.1. The summed E-state index contributed by atoms with van der Waals surface area (Å²) in [4.78, 5) is 11.0. The van der Waals surface area contributed by atoms with E-state index in [0.717, 1.165) is 6.07 Å². The Kier molecular flexibility index (Phi) is 4.97. The van der Waals surface area contributed by atoms with Gasteiger partial charge in [-0.2, -0.15) is 5.26 Å². The van der Waals surface area contributed by atoms with Gasteiger partial charge in [0.25, 0.3) is 0 Å². The highest BCUT2D eigenvalue weighted by Crippen LogP contribution is 2.26. The van der Waals surface area contributed by atoms with Crippen LogP contribution in [0.15, 0.2) is 23.1 Å². The number of hydrogen-bond acceptors (Lipinski definition) is 5. The van der Waals surface area contributed by atoms with Gasteiger partial charge < -0.3 is 9.84 Å². The van der Waals surface area contributed by atoms with Gasteiger partial charge in [0.15, 0.2) is 9.84 Å². The zero-order chi connectivity index (χ0) is 16.3. The molecule has 1 N–H and O–H groups in total. The third-order valence-electron chi connectivity index (χ3n) is 3.06. The van der Waals surface area contributed by atoms with Crippen molar-refractivity contribution in [1.82, 2.24) is 0 Å². The van der Waals surface area contributed by atoms with Gasteiger partial charge in [0.2, 0.25) is 0 Å². The van der Waals surface area contributed by atoms with Crippen molar-refractivity contribution in [1.29, 1.82) is 5.26 Å². The number of nitrogens with zero attached hydrogens (tertiary/aromatic N) is 1. The highest BCUT2D eigenvalue weighted by atomic mass is 32.2. The zero-order valence-corrected chi connectivity index (χ0v) is 12.9. The van der Waals surface area contributed by atoms with Crippen LogP contribution in [-0.4, -0.2) is 32.4 Å². The Labute approximate surface area is 123 Å². The van der Waals surface area contributed by atoms with Gasteiger partial charge >= 0.3 is 5.97 Å². The average molecular weight is 311 g/mol. The van der Waals surface area contributed by atoms with E-state index in [2.05, 4.69) is 0 Å². The number of benzene rings is 1. The van der Waals surface area contributed by atoms with Crippen LogP contribution in [0.2, 0.25) is 0 Å². The van der Waals surface area contributed by atoms with Crippen molar-refractivity contribution in [3.8, 4) is 11.8 Å². The lowest BCUT2D eigenvalue weighted by atomic mass is 9.93. The van der Waals surface area contributed by atoms with Crippen LogP contribution in [0, 0.1) is 16.7 Å². The second-order valence-corrected chi connectivity index (χ2v) is 7.34. The Hall–Kier alpha value is -2.07. The molecule has 0 saturated heterocycles. The minimum absolute atomic E-state index is 0.0885. The molecule has 0 aromatic heterocycles. The summed E-state index contributed by atoms with van der Waals surface area (Å²) < 4.78 is 29.3. The van der Waals surface area contributed by atoms with E-state index >= 15 is 0 Å². The molecule has 0 fully saturated rings. The summed E-state index contributed by atoms with van der Waals surface area (Å²) in [5, 5.41) is 18.0. The lowest BCUT2D eigenvalue weighted by Gasteiger charge is -2.15. The van der Waals surface area contributed by atoms with Crippen molar-refractivity contribution in [3.05, 3.63) is 23.8 Å². The number of aromatic carboxylic acids is 1. The number of rotatable bonds is 6. The van der Waals surface area contributed by atoms with Crippen LogP contribution in [-0.2, 0) is 9.84 Å². The van der Waals surface area contributed by atoms with E-state index in [1.54, 1.807) is 13.8 Å². The largest absolute Gasteiger partial charge is 0.496 e. The van der Waals surface area contributed by atoms with Crippen molar-refractivity contribution >= 4 is 15.8 Å². The maximum atomic E-state index is 12.2. The highest BCUT2D eigenvalue weighted by Gasteiger charge is 2.24. The van der Waals surface area contributed by atoms with Crippen molar-refractivity contribution in [2.75, 3.05) is 12.9 Å². The lowest BCUT2D eigenvalue weighted by Crippen LogP contribution is -2.16. The third-order valence-corrected chi connectivity index (χ3v) is 4.77. The van der Waals surface area contributed by atoms with E-state index in [9.17, 15) is 13.2 Å². The monoisotopic (exact) mass is 311 g/mol. The molecule has 0 saturated carbocycles. The molecule has 0 aliphatic carbocycles. The molecule has 0 atom stereocenters. The first kappa shape index (κ1) is 17.0. The summed E-state index contributed by atoms with van der Waals surface area (Å²) in [6.07, 6.45) is 0.167. The molecule has 0 spiro atoms. The molecular weight excluding hydrogens is 294 g/mol. The van der Waals surface area contributed by atoms with Gasteiger partial charge in [-0.05, 0) is 38.5 Å². The topological polar surface area (TPSA) is 104 Å². The van der Waals surface area contributed by atoms with Gasteiger partial charge in [0.05, 0.1) is 29.2 Å². The second kappa shape index (κ2) is 6.14. The fourth-order valence-electron chi connectivity index (χ4n) is 1.61. The number of carboxylic acids is 1. The molecule has 0 radical (unpaired) electrons. The predicted octanol–water partition coefficient (Wildman–Crippen LogP) is 2.11. The Bertz CT molecular complexity index is 686. The lowest BCUT2D eigenvalue weighted by molar-refractivity contribution is 0.0693. The Morgan fingerprint density at radius 3 is 2.52 bits per heavy atom. The van der Waals surface area contributed by atoms with Gasteiger partial charge in [0, 0.05) is 0 Å².